The Hall–Kier alpha value is -2.77. The molecular weight excluding hydrogens is 365 g/mol. The third-order valence-corrected chi connectivity index (χ3v) is 3.45. The SMILES string of the molecule is Cl.Cl.Oc1nc(NCc2ccco2)[nH]c1C=C1C=Nc2ncccc21. The Morgan fingerprint density at radius 3 is 2.92 bits per heavy atom. The van der Waals surface area contributed by atoms with Gasteiger partial charge in [-0.2, -0.15) is 4.98 Å². The average molecular weight is 380 g/mol. The maximum Gasteiger partial charge on any atom is 0.238 e. The molecule has 0 aliphatic carbocycles. The highest BCUT2D eigenvalue weighted by Crippen LogP contribution is 2.31. The molecule has 130 valence electrons. The molecule has 0 fully saturated rings. The van der Waals surface area contributed by atoms with Gasteiger partial charge in [-0.05, 0) is 30.3 Å². The molecule has 0 saturated heterocycles. The number of fused-ring (bicyclic) bond motifs is 1. The van der Waals surface area contributed by atoms with Gasteiger partial charge < -0.3 is 19.8 Å². The maximum absolute atomic E-state index is 9.99. The van der Waals surface area contributed by atoms with Crippen LogP contribution >= 0.6 is 24.8 Å². The van der Waals surface area contributed by atoms with E-state index in [9.17, 15) is 5.11 Å². The molecule has 0 saturated carbocycles. The van der Waals surface area contributed by atoms with Crippen molar-refractivity contribution in [3.05, 3.63) is 53.7 Å². The fraction of sp³-hybridized carbons (Fsp3) is 0.0625. The number of nitrogens with zero attached hydrogens (tertiary/aromatic N) is 3. The number of H-pyrrole nitrogens is 1. The molecule has 3 N–H and O–H groups in total. The molecule has 0 unspecified atom stereocenters. The third-order valence-electron chi connectivity index (χ3n) is 3.45. The first kappa shape index (κ1) is 18.6. The molecule has 4 heterocycles. The van der Waals surface area contributed by atoms with Crippen LogP contribution in [0.3, 0.4) is 0 Å². The average Bonchev–Trinajstić information content (AvgIpc) is 3.28. The molecule has 9 heteroatoms. The van der Waals surface area contributed by atoms with E-state index < -0.39 is 0 Å². The van der Waals surface area contributed by atoms with Crippen molar-refractivity contribution < 1.29 is 9.52 Å². The van der Waals surface area contributed by atoms with Crippen molar-refractivity contribution in [2.75, 3.05) is 5.32 Å². The predicted octanol–water partition coefficient (Wildman–Crippen LogP) is 3.82. The summed E-state index contributed by atoms with van der Waals surface area (Å²) in [5, 5.41) is 13.0. The summed E-state index contributed by atoms with van der Waals surface area (Å²) >= 11 is 0. The van der Waals surface area contributed by atoms with Crippen molar-refractivity contribution in [1.29, 1.82) is 0 Å². The second-order valence-corrected chi connectivity index (χ2v) is 4.99. The quantitative estimate of drug-likeness (QED) is 0.639. The van der Waals surface area contributed by atoms with Crippen LogP contribution in [-0.4, -0.2) is 26.3 Å². The van der Waals surface area contributed by atoms with Crippen molar-refractivity contribution in [1.82, 2.24) is 15.0 Å². The van der Waals surface area contributed by atoms with Crippen LogP contribution in [0.4, 0.5) is 11.8 Å². The Balaban J connectivity index is 0.00000113. The van der Waals surface area contributed by atoms with Crippen molar-refractivity contribution in [2.45, 2.75) is 6.54 Å². The summed E-state index contributed by atoms with van der Waals surface area (Å²) < 4.78 is 5.24. The number of halogens is 2. The topological polar surface area (TPSA) is 99.3 Å². The standard InChI is InChI=1S/C16H13N5O2.2ClH/c22-15-13(7-10-8-18-14-12(10)4-1-5-17-14)20-16(21-15)19-9-11-3-2-6-23-11;;/h1-8,22H,9H2,(H2,19,20,21);2*1H. The summed E-state index contributed by atoms with van der Waals surface area (Å²) in [5.74, 6) is 1.84. The number of aromatic hydroxyl groups is 1. The highest BCUT2D eigenvalue weighted by atomic mass is 35.5. The molecule has 0 bridgehead atoms. The zero-order chi connectivity index (χ0) is 15.6. The van der Waals surface area contributed by atoms with Gasteiger partial charge in [0.25, 0.3) is 0 Å². The number of anilines is 1. The Bertz CT molecular complexity index is 903. The highest BCUT2D eigenvalue weighted by molar-refractivity contribution is 6.20. The van der Waals surface area contributed by atoms with Crippen LogP contribution in [0.25, 0.3) is 11.6 Å². The Kier molecular flexibility index (Phi) is 5.84. The first-order valence-electron chi connectivity index (χ1n) is 7.06. The molecule has 1 aliphatic heterocycles. The van der Waals surface area contributed by atoms with Gasteiger partial charge in [0.05, 0.1) is 12.8 Å². The lowest BCUT2D eigenvalue weighted by Gasteiger charge is -1.99. The number of aliphatic imine (C=N–C) groups is 1. The molecule has 0 amide bonds. The van der Waals surface area contributed by atoms with Crippen LogP contribution in [-0.2, 0) is 6.54 Å². The first-order chi connectivity index (χ1) is 11.3. The molecule has 3 aromatic heterocycles. The molecular formula is C16H15Cl2N5O2. The second kappa shape index (κ2) is 7.87. The van der Waals surface area contributed by atoms with Crippen molar-refractivity contribution in [3.63, 3.8) is 0 Å². The molecule has 7 nitrogen and oxygen atoms in total. The summed E-state index contributed by atoms with van der Waals surface area (Å²) in [6, 6.07) is 7.46. The summed E-state index contributed by atoms with van der Waals surface area (Å²) in [5.41, 5.74) is 2.29. The number of imidazole rings is 1. The lowest BCUT2D eigenvalue weighted by molar-refractivity contribution is 0.455. The first-order valence-corrected chi connectivity index (χ1v) is 7.06. The van der Waals surface area contributed by atoms with Crippen molar-refractivity contribution in [3.8, 4) is 5.88 Å². The molecule has 0 spiro atoms. The van der Waals surface area contributed by atoms with Gasteiger partial charge in [-0.1, -0.05) is 0 Å². The van der Waals surface area contributed by atoms with E-state index in [1.165, 1.54) is 0 Å². The van der Waals surface area contributed by atoms with Gasteiger partial charge in [-0.3, -0.25) is 0 Å². The van der Waals surface area contributed by atoms with Crippen LogP contribution < -0.4 is 5.32 Å². The van der Waals surface area contributed by atoms with E-state index in [1.807, 2.05) is 24.3 Å². The lowest BCUT2D eigenvalue weighted by atomic mass is 10.1. The summed E-state index contributed by atoms with van der Waals surface area (Å²) in [6.07, 6.45) is 6.81. The maximum atomic E-state index is 9.99. The summed E-state index contributed by atoms with van der Waals surface area (Å²) in [6.45, 7) is 0.476. The predicted molar refractivity (Wildman–Crippen MR) is 101 cm³/mol. The number of hydrogen-bond donors (Lipinski definition) is 3. The van der Waals surface area contributed by atoms with Crippen LogP contribution in [0, 0.1) is 0 Å². The van der Waals surface area contributed by atoms with Gasteiger partial charge in [0.1, 0.15) is 11.5 Å². The molecule has 0 atom stereocenters. The summed E-state index contributed by atoms with van der Waals surface area (Å²) in [7, 11) is 0. The molecule has 4 rings (SSSR count). The van der Waals surface area contributed by atoms with E-state index in [0.29, 0.717) is 24.0 Å². The zero-order valence-corrected chi connectivity index (χ0v) is 14.5. The van der Waals surface area contributed by atoms with E-state index in [0.717, 1.165) is 16.9 Å². The van der Waals surface area contributed by atoms with Crippen LogP contribution in [0.15, 0.2) is 46.1 Å². The smallest absolute Gasteiger partial charge is 0.238 e. The monoisotopic (exact) mass is 379 g/mol. The van der Waals surface area contributed by atoms with Gasteiger partial charge in [0.15, 0.2) is 5.82 Å². The minimum Gasteiger partial charge on any atom is -0.492 e. The normalized spacial score (nSPS) is 13.2. The number of allylic oxidation sites excluding steroid dienone is 1. The van der Waals surface area contributed by atoms with Gasteiger partial charge in [-0.25, -0.2) is 9.98 Å². The number of nitrogens with one attached hydrogen (secondary N) is 2. The minimum atomic E-state index is -0.0785. The van der Waals surface area contributed by atoms with E-state index in [2.05, 4.69) is 25.3 Å². The van der Waals surface area contributed by atoms with E-state index in [1.54, 1.807) is 24.8 Å². The minimum absolute atomic E-state index is 0. The number of hydrogen-bond acceptors (Lipinski definition) is 6. The largest absolute Gasteiger partial charge is 0.492 e. The van der Waals surface area contributed by atoms with Gasteiger partial charge in [-0.15, -0.1) is 24.8 Å². The third kappa shape index (κ3) is 3.84. The van der Waals surface area contributed by atoms with Crippen molar-refractivity contribution in [2.24, 2.45) is 4.99 Å². The second-order valence-electron chi connectivity index (χ2n) is 4.99. The Morgan fingerprint density at radius 2 is 2.12 bits per heavy atom. The number of furan rings is 1. The van der Waals surface area contributed by atoms with E-state index >= 15 is 0 Å². The van der Waals surface area contributed by atoms with Crippen molar-refractivity contribution >= 4 is 54.4 Å². The van der Waals surface area contributed by atoms with Crippen LogP contribution in [0.2, 0.25) is 0 Å². The Morgan fingerprint density at radius 1 is 1.24 bits per heavy atom. The molecule has 0 aromatic carbocycles. The van der Waals surface area contributed by atoms with Crippen LogP contribution in [0.1, 0.15) is 17.0 Å². The fourth-order valence-electron chi connectivity index (χ4n) is 2.34. The molecule has 3 aromatic rings. The number of aromatic nitrogens is 3. The van der Waals surface area contributed by atoms with E-state index in [-0.39, 0.29) is 30.7 Å². The zero-order valence-electron chi connectivity index (χ0n) is 12.8. The Labute approximate surface area is 155 Å². The molecule has 25 heavy (non-hydrogen) atoms. The molecule has 0 radical (unpaired) electrons. The summed E-state index contributed by atoms with van der Waals surface area (Å²) in [4.78, 5) is 15.5. The van der Waals surface area contributed by atoms with Crippen LogP contribution in [0.5, 0.6) is 5.88 Å². The number of aromatic amines is 1. The van der Waals surface area contributed by atoms with Gasteiger partial charge >= 0.3 is 0 Å². The lowest BCUT2D eigenvalue weighted by Crippen LogP contribution is -1.99. The molecule has 1 aliphatic rings. The van der Waals surface area contributed by atoms with Gasteiger partial charge in [0.2, 0.25) is 11.8 Å². The number of pyridine rings is 1. The number of rotatable bonds is 4. The van der Waals surface area contributed by atoms with Gasteiger partial charge in [0, 0.05) is 23.5 Å². The fourth-order valence-corrected chi connectivity index (χ4v) is 2.34. The highest BCUT2D eigenvalue weighted by Gasteiger charge is 2.15. The van der Waals surface area contributed by atoms with E-state index in [4.69, 9.17) is 4.42 Å².